The van der Waals surface area contributed by atoms with Gasteiger partial charge in [-0.2, -0.15) is 0 Å². The monoisotopic (exact) mass is 243 g/mol. The normalized spacial score (nSPS) is 10.8. The van der Waals surface area contributed by atoms with Gasteiger partial charge < -0.3 is 9.80 Å². The third-order valence-corrected chi connectivity index (χ3v) is 2.96. The molecule has 0 saturated carbocycles. The second-order valence-corrected chi connectivity index (χ2v) is 4.67. The van der Waals surface area contributed by atoms with Crippen molar-refractivity contribution < 1.29 is 9.59 Å². The van der Waals surface area contributed by atoms with E-state index in [1.807, 2.05) is 32.7 Å². The Labute approximate surface area is 104 Å². The van der Waals surface area contributed by atoms with E-state index in [0.29, 0.717) is 19.1 Å². The molecule has 5 nitrogen and oxygen atoms in total. The van der Waals surface area contributed by atoms with Gasteiger partial charge >= 0.3 is 0 Å². The van der Waals surface area contributed by atoms with Gasteiger partial charge in [0.1, 0.15) is 0 Å². The molecule has 0 heterocycles. The van der Waals surface area contributed by atoms with E-state index in [1.165, 1.54) is 4.90 Å². The van der Waals surface area contributed by atoms with Crippen molar-refractivity contribution in [2.24, 2.45) is 0 Å². The lowest BCUT2D eigenvalue weighted by Crippen LogP contribution is -2.44. The molecular formula is C12H25N3O2. The maximum Gasteiger partial charge on any atom is 0.241 e. The van der Waals surface area contributed by atoms with Crippen molar-refractivity contribution in [2.75, 3.05) is 40.8 Å². The van der Waals surface area contributed by atoms with E-state index in [-0.39, 0.29) is 18.4 Å². The van der Waals surface area contributed by atoms with Crippen LogP contribution in [0.2, 0.25) is 0 Å². The summed E-state index contributed by atoms with van der Waals surface area (Å²) in [5, 5.41) is 0. The molecule has 0 spiro atoms. The Kier molecular flexibility index (Phi) is 6.80. The van der Waals surface area contributed by atoms with Crippen molar-refractivity contribution in [3.8, 4) is 0 Å². The molecule has 2 amide bonds. The highest BCUT2D eigenvalue weighted by Gasteiger charge is 2.17. The minimum absolute atomic E-state index is 0.0287. The SMILES string of the molecule is CCN(C)C(=O)CN(C)C(=O)CN(C)C(C)C. The van der Waals surface area contributed by atoms with Crippen LogP contribution in [0.4, 0.5) is 0 Å². The van der Waals surface area contributed by atoms with Crippen molar-refractivity contribution in [1.29, 1.82) is 0 Å². The molecule has 0 aliphatic heterocycles. The Balaban J connectivity index is 4.19. The minimum atomic E-state index is -0.0319. The van der Waals surface area contributed by atoms with Crippen LogP contribution in [-0.4, -0.2) is 73.3 Å². The fourth-order valence-electron chi connectivity index (χ4n) is 1.10. The lowest BCUT2D eigenvalue weighted by Gasteiger charge is -2.25. The molecule has 0 saturated heterocycles. The second kappa shape index (κ2) is 7.27. The average Bonchev–Trinajstić information content (AvgIpc) is 2.27. The summed E-state index contributed by atoms with van der Waals surface area (Å²) in [7, 11) is 5.30. The number of likely N-dealkylation sites (N-methyl/N-ethyl adjacent to an activating group) is 3. The highest BCUT2D eigenvalue weighted by Crippen LogP contribution is 1.96. The van der Waals surface area contributed by atoms with Crippen LogP contribution in [0.1, 0.15) is 20.8 Å². The van der Waals surface area contributed by atoms with Gasteiger partial charge in [0.15, 0.2) is 0 Å². The molecular weight excluding hydrogens is 218 g/mol. The molecule has 0 atom stereocenters. The molecule has 17 heavy (non-hydrogen) atoms. The number of amides is 2. The highest BCUT2D eigenvalue weighted by molar-refractivity contribution is 5.85. The molecule has 5 heteroatoms. The smallest absolute Gasteiger partial charge is 0.241 e. The lowest BCUT2D eigenvalue weighted by atomic mass is 10.3. The van der Waals surface area contributed by atoms with Crippen molar-refractivity contribution in [1.82, 2.24) is 14.7 Å². The third-order valence-electron chi connectivity index (χ3n) is 2.96. The summed E-state index contributed by atoms with van der Waals surface area (Å²) < 4.78 is 0. The van der Waals surface area contributed by atoms with Gasteiger partial charge in [-0.3, -0.25) is 14.5 Å². The molecule has 0 bridgehead atoms. The molecule has 0 rings (SSSR count). The van der Waals surface area contributed by atoms with Gasteiger partial charge in [0.25, 0.3) is 0 Å². The highest BCUT2D eigenvalue weighted by atomic mass is 16.2. The van der Waals surface area contributed by atoms with Gasteiger partial charge in [-0.25, -0.2) is 0 Å². The van der Waals surface area contributed by atoms with E-state index < -0.39 is 0 Å². The summed E-state index contributed by atoms with van der Waals surface area (Å²) in [6.45, 7) is 7.12. The summed E-state index contributed by atoms with van der Waals surface area (Å²) in [6, 6.07) is 0.321. The summed E-state index contributed by atoms with van der Waals surface area (Å²) in [6.07, 6.45) is 0. The number of carbonyl (C=O) groups excluding carboxylic acids is 2. The van der Waals surface area contributed by atoms with Crippen LogP contribution in [0.5, 0.6) is 0 Å². The van der Waals surface area contributed by atoms with Gasteiger partial charge in [0.05, 0.1) is 13.1 Å². The number of nitrogens with zero attached hydrogens (tertiary/aromatic N) is 3. The summed E-state index contributed by atoms with van der Waals surface area (Å²) in [4.78, 5) is 28.5. The molecule has 0 aromatic carbocycles. The Bertz CT molecular complexity index is 266. The topological polar surface area (TPSA) is 43.9 Å². The fraction of sp³-hybridized carbons (Fsp3) is 0.833. The zero-order valence-corrected chi connectivity index (χ0v) is 11.9. The van der Waals surface area contributed by atoms with Crippen LogP contribution in [0, 0.1) is 0 Å². The van der Waals surface area contributed by atoms with Gasteiger partial charge in [0.2, 0.25) is 11.8 Å². The van der Waals surface area contributed by atoms with Crippen LogP contribution >= 0.6 is 0 Å². The molecule has 0 radical (unpaired) electrons. The standard InChI is InChI=1S/C12H25N3O2/c1-7-13(4)11(16)9-15(6)12(17)8-14(5)10(2)3/h10H,7-9H2,1-6H3. The predicted molar refractivity (Wildman–Crippen MR) is 68.7 cm³/mol. The Morgan fingerprint density at radius 2 is 1.41 bits per heavy atom. The number of rotatable bonds is 6. The number of hydrogen-bond acceptors (Lipinski definition) is 3. The van der Waals surface area contributed by atoms with E-state index in [4.69, 9.17) is 0 Å². The molecule has 0 aromatic rings. The first-order valence-electron chi connectivity index (χ1n) is 5.97. The Hall–Kier alpha value is -1.10. The van der Waals surface area contributed by atoms with Gasteiger partial charge in [-0.1, -0.05) is 0 Å². The Morgan fingerprint density at radius 3 is 1.82 bits per heavy atom. The molecule has 0 aliphatic rings. The third kappa shape index (κ3) is 5.68. The lowest BCUT2D eigenvalue weighted by molar-refractivity contribution is -0.139. The first kappa shape index (κ1) is 15.9. The summed E-state index contributed by atoms with van der Waals surface area (Å²) in [5.74, 6) is -0.0606. The number of hydrogen-bond donors (Lipinski definition) is 0. The van der Waals surface area contributed by atoms with Crippen LogP contribution in [0.15, 0.2) is 0 Å². The summed E-state index contributed by atoms with van der Waals surface area (Å²) in [5.41, 5.74) is 0. The van der Waals surface area contributed by atoms with Gasteiger partial charge in [-0.05, 0) is 27.8 Å². The van der Waals surface area contributed by atoms with Crippen LogP contribution in [0.25, 0.3) is 0 Å². The average molecular weight is 243 g/mol. The van der Waals surface area contributed by atoms with Crippen molar-refractivity contribution in [2.45, 2.75) is 26.8 Å². The predicted octanol–water partition coefficient (Wildman–Crippen LogP) is 0.263. The first-order valence-corrected chi connectivity index (χ1v) is 5.97. The first-order chi connectivity index (χ1) is 7.79. The minimum Gasteiger partial charge on any atom is -0.345 e. The zero-order chi connectivity index (χ0) is 13.6. The molecule has 0 fully saturated rings. The van der Waals surface area contributed by atoms with Crippen LogP contribution in [0.3, 0.4) is 0 Å². The van der Waals surface area contributed by atoms with Crippen molar-refractivity contribution in [3.63, 3.8) is 0 Å². The van der Waals surface area contributed by atoms with Crippen LogP contribution in [-0.2, 0) is 9.59 Å². The fourth-order valence-corrected chi connectivity index (χ4v) is 1.10. The van der Waals surface area contributed by atoms with E-state index in [0.717, 1.165) is 0 Å². The maximum atomic E-state index is 11.8. The molecule has 0 aromatic heterocycles. The molecule has 100 valence electrons. The van der Waals surface area contributed by atoms with E-state index in [9.17, 15) is 9.59 Å². The number of carbonyl (C=O) groups is 2. The van der Waals surface area contributed by atoms with E-state index in [2.05, 4.69) is 0 Å². The second-order valence-electron chi connectivity index (χ2n) is 4.67. The maximum absolute atomic E-state index is 11.8. The quantitative estimate of drug-likeness (QED) is 0.672. The molecule has 0 aliphatic carbocycles. The van der Waals surface area contributed by atoms with Gasteiger partial charge in [-0.15, -0.1) is 0 Å². The van der Waals surface area contributed by atoms with E-state index in [1.54, 1.807) is 19.0 Å². The zero-order valence-electron chi connectivity index (χ0n) is 11.9. The molecule has 0 unspecified atom stereocenters. The largest absolute Gasteiger partial charge is 0.345 e. The van der Waals surface area contributed by atoms with E-state index >= 15 is 0 Å². The van der Waals surface area contributed by atoms with Gasteiger partial charge in [0, 0.05) is 26.7 Å². The summed E-state index contributed by atoms with van der Waals surface area (Å²) >= 11 is 0. The molecule has 0 N–H and O–H groups in total. The Morgan fingerprint density at radius 1 is 0.941 bits per heavy atom. The van der Waals surface area contributed by atoms with Crippen molar-refractivity contribution in [3.05, 3.63) is 0 Å². The van der Waals surface area contributed by atoms with Crippen molar-refractivity contribution >= 4 is 11.8 Å². The van der Waals surface area contributed by atoms with Crippen LogP contribution < -0.4 is 0 Å².